The minimum Gasteiger partial charge on any atom is -0.507 e. The number of ketones is 1. The van der Waals surface area contributed by atoms with Gasteiger partial charge >= 0.3 is 5.97 Å². The first-order valence-electron chi connectivity index (χ1n) is 15.8. The second-order valence-corrected chi connectivity index (χ2v) is 12.3. The van der Waals surface area contributed by atoms with Gasteiger partial charge in [0.1, 0.15) is 59.9 Å². The molecule has 272 valence electrons. The fourth-order valence-corrected chi connectivity index (χ4v) is 5.86. The molecule has 0 aliphatic carbocycles. The molecule has 3 aliphatic rings. The number of aromatic hydroxyl groups is 3. The molecule has 16 heteroatoms. The first-order valence-corrected chi connectivity index (χ1v) is 15.8. The maximum Gasteiger partial charge on any atom is 0.330 e. The predicted molar refractivity (Wildman–Crippen MR) is 171 cm³/mol. The SMILES string of the molecule is O=C(/C=C/c1ccccc1)OC[C@@]1(O)CO[C@@H](O[C@H]2[C@H](Oc3cc(O)c4c(c3)O[C@H](c3ccc(O)c(O)c3)CC4=O)O[C@H](CO)[C@@H](O)[C@@H]2O)[C@@H]1O. The number of Topliss-reactive ketones (excluding diaryl/α,β-unsaturated/α-hetero) is 1. The Kier molecular flexibility index (Phi) is 10.5. The molecule has 0 saturated carbocycles. The van der Waals surface area contributed by atoms with E-state index in [1.165, 1.54) is 30.3 Å². The molecule has 3 aromatic carbocycles. The van der Waals surface area contributed by atoms with Gasteiger partial charge < -0.3 is 69.3 Å². The molecule has 3 aliphatic heterocycles. The van der Waals surface area contributed by atoms with Crippen LogP contribution in [-0.2, 0) is 23.7 Å². The molecule has 2 saturated heterocycles. The van der Waals surface area contributed by atoms with Gasteiger partial charge in [0.2, 0.25) is 6.29 Å². The fourth-order valence-electron chi connectivity index (χ4n) is 5.86. The van der Waals surface area contributed by atoms with Crippen LogP contribution in [-0.4, -0.2) is 121 Å². The Morgan fingerprint density at radius 1 is 0.941 bits per heavy atom. The van der Waals surface area contributed by atoms with Crippen LogP contribution in [0.3, 0.4) is 0 Å². The molecule has 8 N–H and O–H groups in total. The fraction of sp³-hybridized carbons (Fsp3) is 0.371. The number of benzene rings is 3. The minimum absolute atomic E-state index is 0.112. The van der Waals surface area contributed by atoms with Crippen molar-refractivity contribution in [3.05, 3.63) is 83.4 Å². The minimum atomic E-state index is -2.14. The van der Waals surface area contributed by atoms with Crippen LogP contribution in [0.15, 0.2) is 66.7 Å². The summed E-state index contributed by atoms with van der Waals surface area (Å²) in [5.74, 6) is -2.92. The Balaban J connectivity index is 1.17. The number of aliphatic hydroxyl groups is 5. The largest absolute Gasteiger partial charge is 0.507 e. The molecule has 9 atom stereocenters. The number of rotatable bonds is 10. The molecule has 0 radical (unpaired) electrons. The summed E-state index contributed by atoms with van der Waals surface area (Å²) in [5, 5.41) is 83.7. The summed E-state index contributed by atoms with van der Waals surface area (Å²) in [6.45, 7) is -2.01. The van der Waals surface area contributed by atoms with Gasteiger partial charge in [0.05, 0.1) is 19.6 Å². The third kappa shape index (κ3) is 7.63. The predicted octanol–water partition coefficient (Wildman–Crippen LogP) is 0.418. The lowest BCUT2D eigenvalue weighted by atomic mass is 9.95. The van der Waals surface area contributed by atoms with Crippen molar-refractivity contribution in [2.75, 3.05) is 19.8 Å². The monoisotopic (exact) mass is 712 g/mol. The molecule has 16 nitrogen and oxygen atoms in total. The van der Waals surface area contributed by atoms with E-state index in [9.17, 15) is 50.4 Å². The van der Waals surface area contributed by atoms with Crippen LogP contribution in [0.1, 0.15) is 34.0 Å². The first-order chi connectivity index (χ1) is 24.4. The number of hydrogen-bond donors (Lipinski definition) is 8. The zero-order chi connectivity index (χ0) is 36.4. The summed E-state index contributed by atoms with van der Waals surface area (Å²) >= 11 is 0. The number of phenolic OH excluding ortho intramolecular Hbond substituents is 3. The number of carbonyl (C=O) groups excluding carboxylic acids is 2. The quantitative estimate of drug-likeness (QED) is 0.0806. The summed E-state index contributed by atoms with van der Waals surface area (Å²) in [6.07, 6.45) is -10.2. The van der Waals surface area contributed by atoms with Crippen molar-refractivity contribution in [2.24, 2.45) is 0 Å². The number of hydrogen-bond acceptors (Lipinski definition) is 16. The molecule has 2 fully saturated rings. The second-order valence-electron chi connectivity index (χ2n) is 12.3. The molecule has 0 aromatic heterocycles. The molecule has 6 rings (SSSR count). The van der Waals surface area contributed by atoms with Gasteiger partial charge in [0, 0.05) is 18.2 Å². The van der Waals surface area contributed by atoms with E-state index in [-0.39, 0.29) is 29.2 Å². The normalized spacial score (nSPS) is 30.5. The van der Waals surface area contributed by atoms with Crippen molar-refractivity contribution in [2.45, 2.75) is 61.2 Å². The lowest BCUT2D eigenvalue weighted by Gasteiger charge is -2.42. The molecule has 3 aromatic rings. The van der Waals surface area contributed by atoms with E-state index >= 15 is 0 Å². The Hall–Kier alpha value is -4.78. The van der Waals surface area contributed by atoms with E-state index in [2.05, 4.69) is 0 Å². The van der Waals surface area contributed by atoms with E-state index in [4.69, 9.17) is 28.4 Å². The highest BCUT2D eigenvalue weighted by Crippen LogP contribution is 2.44. The lowest BCUT2D eigenvalue weighted by Crippen LogP contribution is -2.62. The summed E-state index contributed by atoms with van der Waals surface area (Å²) in [6, 6.07) is 15.1. The first kappa shape index (κ1) is 36.0. The zero-order valence-electron chi connectivity index (χ0n) is 26.7. The van der Waals surface area contributed by atoms with Gasteiger partial charge in [0.15, 0.2) is 35.3 Å². The number of esters is 1. The maximum absolute atomic E-state index is 13.0. The van der Waals surface area contributed by atoms with Gasteiger partial charge in [-0.1, -0.05) is 36.4 Å². The Bertz CT molecular complexity index is 1760. The second kappa shape index (κ2) is 14.8. The average Bonchev–Trinajstić information content (AvgIpc) is 3.39. The average molecular weight is 713 g/mol. The van der Waals surface area contributed by atoms with Crippen molar-refractivity contribution in [1.82, 2.24) is 0 Å². The Morgan fingerprint density at radius 2 is 1.71 bits per heavy atom. The highest BCUT2D eigenvalue weighted by atomic mass is 16.8. The lowest BCUT2D eigenvalue weighted by molar-refractivity contribution is -0.318. The topological polar surface area (TPSA) is 251 Å². The van der Waals surface area contributed by atoms with Crippen LogP contribution in [0.25, 0.3) is 6.08 Å². The van der Waals surface area contributed by atoms with E-state index in [0.29, 0.717) is 5.56 Å². The van der Waals surface area contributed by atoms with Crippen molar-refractivity contribution in [3.63, 3.8) is 0 Å². The molecule has 0 unspecified atom stereocenters. The molecular weight excluding hydrogens is 676 g/mol. The van der Waals surface area contributed by atoms with Crippen molar-refractivity contribution in [3.8, 4) is 28.7 Å². The van der Waals surface area contributed by atoms with Gasteiger partial charge in [0.25, 0.3) is 0 Å². The number of carbonyl (C=O) groups is 2. The number of phenols is 3. The molecule has 51 heavy (non-hydrogen) atoms. The van der Waals surface area contributed by atoms with Gasteiger partial charge in [-0.25, -0.2) is 4.79 Å². The zero-order valence-corrected chi connectivity index (χ0v) is 26.7. The summed E-state index contributed by atoms with van der Waals surface area (Å²) in [4.78, 5) is 25.3. The van der Waals surface area contributed by atoms with Gasteiger partial charge in [-0.15, -0.1) is 0 Å². The highest BCUT2D eigenvalue weighted by molar-refractivity contribution is 6.02. The van der Waals surface area contributed by atoms with Crippen molar-refractivity contribution in [1.29, 1.82) is 0 Å². The number of aliphatic hydroxyl groups excluding tert-OH is 4. The van der Waals surface area contributed by atoms with E-state index in [1.807, 2.05) is 6.07 Å². The van der Waals surface area contributed by atoms with Crippen LogP contribution < -0.4 is 9.47 Å². The number of fused-ring (bicyclic) bond motifs is 1. The summed E-state index contributed by atoms with van der Waals surface area (Å²) < 4.78 is 33.8. The van der Waals surface area contributed by atoms with Crippen molar-refractivity contribution >= 4 is 17.8 Å². The van der Waals surface area contributed by atoms with E-state index in [0.717, 1.165) is 17.7 Å². The van der Waals surface area contributed by atoms with Crippen LogP contribution in [0.5, 0.6) is 28.7 Å². The molecule has 3 heterocycles. The van der Waals surface area contributed by atoms with Crippen LogP contribution in [0.2, 0.25) is 0 Å². The Morgan fingerprint density at radius 3 is 2.43 bits per heavy atom. The van der Waals surface area contributed by atoms with E-state index < -0.39 is 97.9 Å². The standard InChI is InChI=1S/C35H36O16/c36-14-26-29(42)30(43)31(51-34-32(44)35(45,16-47-34)15-46-27(41)9-6-17-4-2-1-3-5-17)33(50-26)48-19-11-22(39)28-23(40)13-24(49-25(28)12-19)18-7-8-20(37)21(38)10-18/h1-12,24,26,29-34,36-39,42-45H,13-16H2/b9-6+/t24-,26+,29+,30-,31+,32-,33+,34-,35+/m0/s1. The third-order valence-corrected chi connectivity index (χ3v) is 8.69. The van der Waals surface area contributed by atoms with E-state index in [1.54, 1.807) is 24.3 Å². The maximum atomic E-state index is 13.0. The Labute approximate surface area is 289 Å². The molecule has 0 bridgehead atoms. The summed E-state index contributed by atoms with van der Waals surface area (Å²) in [5.41, 5.74) is -1.20. The van der Waals surface area contributed by atoms with Crippen LogP contribution in [0, 0.1) is 0 Å². The smallest absolute Gasteiger partial charge is 0.330 e. The molecule has 0 amide bonds. The molecule has 0 spiro atoms. The number of ether oxygens (including phenoxy) is 6. The molecular formula is C35H36O16. The van der Waals surface area contributed by atoms with Gasteiger partial charge in [-0.05, 0) is 29.3 Å². The highest BCUT2D eigenvalue weighted by Gasteiger charge is 2.54. The van der Waals surface area contributed by atoms with Crippen LogP contribution in [0.4, 0.5) is 0 Å². The summed E-state index contributed by atoms with van der Waals surface area (Å²) in [7, 11) is 0. The third-order valence-electron chi connectivity index (χ3n) is 8.69. The van der Waals surface area contributed by atoms with Crippen LogP contribution >= 0.6 is 0 Å². The van der Waals surface area contributed by atoms with Gasteiger partial charge in [-0.2, -0.15) is 0 Å². The van der Waals surface area contributed by atoms with Gasteiger partial charge in [-0.3, -0.25) is 4.79 Å². The van der Waals surface area contributed by atoms with Crippen molar-refractivity contribution < 1.29 is 78.9 Å².